The molecular formula is C15H30O3S. The summed E-state index contributed by atoms with van der Waals surface area (Å²) in [5.74, 6) is 0.991. The van der Waals surface area contributed by atoms with Gasteiger partial charge in [-0.3, -0.25) is 0 Å². The molecule has 1 rings (SSSR count). The summed E-state index contributed by atoms with van der Waals surface area (Å²) in [6.45, 7) is 3.49. The summed E-state index contributed by atoms with van der Waals surface area (Å²) in [5.41, 5.74) is 0. The maximum Gasteiger partial charge on any atom is 0.157 e. The minimum atomic E-state index is 0.0665. The van der Waals surface area contributed by atoms with Crippen molar-refractivity contribution in [3.63, 3.8) is 0 Å². The zero-order valence-electron chi connectivity index (χ0n) is 12.1. The molecule has 0 aromatic heterocycles. The number of hydrogen-bond acceptors (Lipinski definition) is 4. The molecule has 0 saturated carbocycles. The molecule has 0 aromatic rings. The van der Waals surface area contributed by atoms with Gasteiger partial charge < -0.3 is 14.2 Å². The van der Waals surface area contributed by atoms with Gasteiger partial charge in [-0.1, -0.05) is 6.42 Å². The maximum atomic E-state index is 5.68. The molecule has 0 amide bonds. The average Bonchev–Trinajstić information content (AvgIpc) is 2.46. The molecule has 0 spiro atoms. The largest absolute Gasteiger partial charge is 0.381 e. The molecule has 1 aliphatic rings. The number of rotatable bonds is 12. The SMILES string of the molecule is SCCCCCOCCCCCOC1CCCCO1. The first-order chi connectivity index (χ1) is 9.43. The van der Waals surface area contributed by atoms with Crippen molar-refractivity contribution < 1.29 is 14.2 Å². The van der Waals surface area contributed by atoms with Gasteiger partial charge in [0.15, 0.2) is 6.29 Å². The first-order valence-electron chi connectivity index (χ1n) is 7.85. The van der Waals surface area contributed by atoms with E-state index in [0.29, 0.717) is 0 Å². The van der Waals surface area contributed by atoms with E-state index in [1.54, 1.807) is 0 Å². The summed E-state index contributed by atoms with van der Waals surface area (Å²) in [7, 11) is 0. The summed E-state index contributed by atoms with van der Waals surface area (Å²) in [4.78, 5) is 0. The lowest BCUT2D eigenvalue weighted by atomic mass is 10.2. The molecule has 0 aliphatic carbocycles. The fourth-order valence-corrected chi connectivity index (χ4v) is 2.36. The fraction of sp³-hybridized carbons (Fsp3) is 1.00. The Balaban J connectivity index is 1.71. The summed E-state index contributed by atoms with van der Waals surface area (Å²) in [6.07, 6.45) is 10.6. The minimum Gasteiger partial charge on any atom is -0.381 e. The number of hydrogen-bond donors (Lipinski definition) is 1. The van der Waals surface area contributed by atoms with Gasteiger partial charge in [-0.25, -0.2) is 0 Å². The molecule has 0 bridgehead atoms. The van der Waals surface area contributed by atoms with E-state index in [4.69, 9.17) is 14.2 Å². The van der Waals surface area contributed by atoms with Crippen LogP contribution in [0, 0.1) is 0 Å². The summed E-state index contributed by atoms with van der Waals surface area (Å²) < 4.78 is 16.8. The van der Waals surface area contributed by atoms with E-state index in [1.807, 2.05) is 0 Å². The van der Waals surface area contributed by atoms with Gasteiger partial charge in [-0.15, -0.1) is 0 Å². The van der Waals surface area contributed by atoms with Gasteiger partial charge in [-0.05, 0) is 57.1 Å². The van der Waals surface area contributed by atoms with Crippen LogP contribution in [0.2, 0.25) is 0 Å². The van der Waals surface area contributed by atoms with Crippen LogP contribution in [-0.4, -0.2) is 38.5 Å². The van der Waals surface area contributed by atoms with Crippen LogP contribution in [-0.2, 0) is 14.2 Å². The molecule has 0 N–H and O–H groups in total. The molecular weight excluding hydrogens is 260 g/mol. The van der Waals surface area contributed by atoms with E-state index < -0.39 is 0 Å². The molecule has 1 unspecified atom stereocenters. The normalized spacial score (nSPS) is 19.7. The van der Waals surface area contributed by atoms with Gasteiger partial charge in [0, 0.05) is 26.4 Å². The predicted molar refractivity (Wildman–Crippen MR) is 81.9 cm³/mol. The lowest BCUT2D eigenvalue weighted by molar-refractivity contribution is -0.162. The third-order valence-electron chi connectivity index (χ3n) is 3.32. The van der Waals surface area contributed by atoms with Gasteiger partial charge >= 0.3 is 0 Å². The van der Waals surface area contributed by atoms with Gasteiger partial charge in [0.2, 0.25) is 0 Å². The van der Waals surface area contributed by atoms with Crippen molar-refractivity contribution in [2.45, 2.75) is 64.1 Å². The number of unbranched alkanes of at least 4 members (excludes halogenated alkanes) is 4. The molecule has 114 valence electrons. The topological polar surface area (TPSA) is 27.7 Å². The van der Waals surface area contributed by atoms with E-state index in [0.717, 1.165) is 51.4 Å². The van der Waals surface area contributed by atoms with Crippen LogP contribution in [0.15, 0.2) is 0 Å². The smallest absolute Gasteiger partial charge is 0.157 e. The minimum absolute atomic E-state index is 0.0665. The monoisotopic (exact) mass is 290 g/mol. The lowest BCUT2D eigenvalue weighted by Crippen LogP contribution is -2.22. The average molecular weight is 290 g/mol. The van der Waals surface area contributed by atoms with Crippen molar-refractivity contribution in [2.75, 3.05) is 32.2 Å². The highest BCUT2D eigenvalue weighted by Gasteiger charge is 2.13. The molecule has 1 saturated heterocycles. The van der Waals surface area contributed by atoms with E-state index in [1.165, 1.54) is 38.5 Å². The Kier molecular flexibility index (Phi) is 12.0. The Morgan fingerprint density at radius 3 is 2.32 bits per heavy atom. The van der Waals surface area contributed by atoms with E-state index >= 15 is 0 Å². The Labute approximate surface area is 123 Å². The second-order valence-electron chi connectivity index (χ2n) is 5.12. The molecule has 1 atom stereocenters. The molecule has 1 fully saturated rings. The highest BCUT2D eigenvalue weighted by molar-refractivity contribution is 7.80. The molecule has 0 aromatic carbocycles. The first kappa shape index (κ1) is 17.3. The lowest BCUT2D eigenvalue weighted by Gasteiger charge is -2.22. The van der Waals surface area contributed by atoms with Crippen LogP contribution >= 0.6 is 12.6 Å². The van der Waals surface area contributed by atoms with E-state index in [2.05, 4.69) is 12.6 Å². The quantitative estimate of drug-likeness (QED) is 0.437. The molecule has 3 nitrogen and oxygen atoms in total. The molecule has 4 heteroatoms. The van der Waals surface area contributed by atoms with Crippen LogP contribution in [0.25, 0.3) is 0 Å². The Morgan fingerprint density at radius 1 is 0.895 bits per heavy atom. The summed E-state index contributed by atoms with van der Waals surface area (Å²) in [5, 5.41) is 0. The van der Waals surface area contributed by atoms with Gasteiger partial charge in [0.1, 0.15) is 0 Å². The van der Waals surface area contributed by atoms with Crippen molar-refractivity contribution in [1.29, 1.82) is 0 Å². The van der Waals surface area contributed by atoms with Gasteiger partial charge in [0.05, 0.1) is 0 Å². The van der Waals surface area contributed by atoms with E-state index in [9.17, 15) is 0 Å². The van der Waals surface area contributed by atoms with Crippen LogP contribution in [0.4, 0.5) is 0 Å². The van der Waals surface area contributed by atoms with Crippen molar-refractivity contribution in [3.05, 3.63) is 0 Å². The summed E-state index contributed by atoms with van der Waals surface area (Å²) >= 11 is 4.19. The number of thiol groups is 1. The zero-order valence-corrected chi connectivity index (χ0v) is 13.0. The second-order valence-corrected chi connectivity index (χ2v) is 5.57. The van der Waals surface area contributed by atoms with Crippen LogP contribution in [0.5, 0.6) is 0 Å². The Morgan fingerprint density at radius 2 is 1.63 bits per heavy atom. The van der Waals surface area contributed by atoms with E-state index in [-0.39, 0.29) is 6.29 Å². The van der Waals surface area contributed by atoms with Gasteiger partial charge in [-0.2, -0.15) is 12.6 Å². The van der Waals surface area contributed by atoms with Gasteiger partial charge in [0.25, 0.3) is 0 Å². The maximum absolute atomic E-state index is 5.68. The highest BCUT2D eigenvalue weighted by atomic mass is 32.1. The van der Waals surface area contributed by atoms with Crippen molar-refractivity contribution >= 4 is 12.6 Å². The van der Waals surface area contributed by atoms with Crippen LogP contribution in [0.1, 0.15) is 57.8 Å². The zero-order chi connectivity index (χ0) is 13.6. The second kappa shape index (κ2) is 13.2. The number of ether oxygens (including phenoxy) is 3. The predicted octanol–water partition coefficient (Wildman–Crippen LogP) is 3.82. The van der Waals surface area contributed by atoms with Crippen LogP contribution in [0.3, 0.4) is 0 Å². The molecule has 1 aliphatic heterocycles. The molecule has 0 radical (unpaired) electrons. The Bertz CT molecular complexity index is 184. The standard InChI is InChI=1S/C15H30O3S/c19-14-8-2-5-11-16-10-4-1-6-12-17-15-9-3-7-13-18-15/h15,19H,1-14H2. The van der Waals surface area contributed by atoms with Crippen molar-refractivity contribution in [1.82, 2.24) is 0 Å². The van der Waals surface area contributed by atoms with Crippen LogP contribution < -0.4 is 0 Å². The first-order valence-corrected chi connectivity index (χ1v) is 8.48. The van der Waals surface area contributed by atoms with Crippen molar-refractivity contribution in [2.24, 2.45) is 0 Å². The fourth-order valence-electron chi connectivity index (χ4n) is 2.14. The third-order valence-corrected chi connectivity index (χ3v) is 3.64. The molecule has 1 heterocycles. The highest BCUT2D eigenvalue weighted by Crippen LogP contribution is 2.14. The third kappa shape index (κ3) is 10.7. The Hall–Kier alpha value is 0.230. The summed E-state index contributed by atoms with van der Waals surface area (Å²) in [6, 6.07) is 0. The molecule has 19 heavy (non-hydrogen) atoms. The van der Waals surface area contributed by atoms with Crippen molar-refractivity contribution in [3.8, 4) is 0 Å².